The number of carbonyl (C=O) groups excluding carboxylic acids is 3. The molecule has 10 heteroatoms. The topological polar surface area (TPSA) is 111 Å². The third-order valence-corrected chi connectivity index (χ3v) is 7.89. The third kappa shape index (κ3) is 6.64. The Hall–Kier alpha value is -3.82. The molecular formula is C34H40ClN3O6. The number of nitrogens with zero attached hydrogens (tertiary/aromatic N) is 2. The highest BCUT2D eigenvalue weighted by Gasteiger charge is 2.40. The molecular weight excluding hydrogens is 582 g/mol. The smallest absolute Gasteiger partial charge is 0.410 e. The molecule has 0 aliphatic carbocycles. The van der Waals surface area contributed by atoms with Gasteiger partial charge in [0.1, 0.15) is 17.1 Å². The second-order valence-corrected chi connectivity index (χ2v) is 13.9. The van der Waals surface area contributed by atoms with Gasteiger partial charge in [-0.15, -0.1) is 0 Å². The highest BCUT2D eigenvalue weighted by Crippen LogP contribution is 2.45. The van der Waals surface area contributed by atoms with Crippen LogP contribution >= 0.6 is 11.6 Å². The minimum atomic E-state index is -0.751. The Labute approximate surface area is 263 Å². The van der Waals surface area contributed by atoms with Gasteiger partial charge in [-0.25, -0.2) is 4.79 Å². The molecule has 234 valence electrons. The molecule has 5 rings (SSSR count). The van der Waals surface area contributed by atoms with Gasteiger partial charge < -0.3 is 29.7 Å². The van der Waals surface area contributed by atoms with Gasteiger partial charge in [-0.05, 0) is 88.7 Å². The fourth-order valence-corrected chi connectivity index (χ4v) is 5.58. The molecule has 0 bridgehead atoms. The summed E-state index contributed by atoms with van der Waals surface area (Å²) >= 11 is 6.96. The molecule has 2 heterocycles. The number of hydrogen-bond donors (Lipinski definition) is 1. The van der Waals surface area contributed by atoms with Crippen molar-refractivity contribution in [3.8, 4) is 22.6 Å². The highest BCUT2D eigenvalue weighted by molar-refractivity contribution is 6.34. The monoisotopic (exact) mass is 621 g/mol. The summed E-state index contributed by atoms with van der Waals surface area (Å²) in [6, 6.07) is 15.0. The Morgan fingerprint density at radius 1 is 1.02 bits per heavy atom. The van der Waals surface area contributed by atoms with Crippen molar-refractivity contribution < 1.29 is 28.6 Å². The summed E-state index contributed by atoms with van der Waals surface area (Å²) in [7, 11) is 0. The zero-order valence-corrected chi connectivity index (χ0v) is 26.9. The maximum absolute atomic E-state index is 13.6. The molecule has 2 aliphatic heterocycles. The summed E-state index contributed by atoms with van der Waals surface area (Å²) < 4.78 is 17.5. The summed E-state index contributed by atoms with van der Waals surface area (Å²) in [6.45, 7) is 12.5. The minimum Gasteiger partial charge on any atom is -0.478 e. The second-order valence-electron chi connectivity index (χ2n) is 13.5. The van der Waals surface area contributed by atoms with Gasteiger partial charge in [0, 0.05) is 37.5 Å². The van der Waals surface area contributed by atoms with Gasteiger partial charge in [-0.1, -0.05) is 35.9 Å². The Balaban J connectivity index is 1.49. The Bertz CT molecular complexity index is 1600. The molecule has 0 aromatic heterocycles. The fraction of sp³-hybridized carbons (Fsp3) is 0.441. The number of carbonyl (C=O) groups is 3. The molecule has 9 nitrogen and oxygen atoms in total. The first-order chi connectivity index (χ1) is 20.6. The van der Waals surface area contributed by atoms with Crippen LogP contribution in [0, 0.1) is 11.3 Å². The van der Waals surface area contributed by atoms with Gasteiger partial charge >= 0.3 is 12.1 Å². The quantitative estimate of drug-likeness (QED) is 0.250. The van der Waals surface area contributed by atoms with Gasteiger partial charge in [0.2, 0.25) is 0 Å². The molecule has 3 aromatic carbocycles. The van der Waals surface area contributed by atoms with E-state index in [9.17, 15) is 14.4 Å². The van der Waals surface area contributed by atoms with E-state index in [0.29, 0.717) is 53.8 Å². The van der Waals surface area contributed by atoms with Crippen molar-refractivity contribution >= 4 is 46.0 Å². The SMILES string of the molecule is CC(C)(C)OC(=O)N1CC(CN2C(=O)[C@@H](CCN)Oc3cc(-c4cc(OC(=O)C(C)(C)C)cc5ccccc45)c(Cl)cc32)C1. The number of anilines is 1. The van der Waals surface area contributed by atoms with Crippen LogP contribution in [0.4, 0.5) is 10.5 Å². The molecule has 3 aromatic rings. The molecule has 44 heavy (non-hydrogen) atoms. The standard InChI is InChI=1S/C34H40ClN3O6/c1-33(2,3)31(40)42-22-13-21-9-7-8-10-23(21)24(14-22)25-15-29-27(16-26(25)35)38(30(39)28(43-29)11-12-36)19-20-17-37(18-20)32(41)44-34(4,5)6/h7-10,13-16,20,28H,11-12,17-19,36H2,1-6H3/t28-/m1/s1. The van der Waals surface area contributed by atoms with Gasteiger partial charge in [0.15, 0.2) is 6.10 Å². The molecule has 0 unspecified atom stereocenters. The van der Waals surface area contributed by atoms with Gasteiger partial charge in [-0.3, -0.25) is 9.59 Å². The third-order valence-electron chi connectivity index (χ3n) is 7.58. The van der Waals surface area contributed by atoms with E-state index in [-0.39, 0.29) is 30.4 Å². The number of esters is 1. The van der Waals surface area contributed by atoms with Gasteiger partial charge in [0.25, 0.3) is 5.91 Å². The number of halogens is 1. The zero-order chi connectivity index (χ0) is 32.0. The van der Waals surface area contributed by atoms with Crippen LogP contribution < -0.4 is 20.1 Å². The lowest BCUT2D eigenvalue weighted by Crippen LogP contribution is -2.57. The van der Waals surface area contributed by atoms with Crippen LogP contribution in [0.15, 0.2) is 48.5 Å². The van der Waals surface area contributed by atoms with Crippen LogP contribution in [0.1, 0.15) is 48.0 Å². The summed E-state index contributed by atoms with van der Waals surface area (Å²) in [5.74, 6) is 0.438. The number of fused-ring (bicyclic) bond motifs is 2. The Morgan fingerprint density at radius 3 is 2.39 bits per heavy atom. The van der Waals surface area contributed by atoms with E-state index in [0.717, 1.165) is 16.3 Å². The van der Waals surface area contributed by atoms with Crippen LogP contribution in [-0.2, 0) is 14.3 Å². The zero-order valence-electron chi connectivity index (χ0n) is 26.1. The number of hydrogen-bond acceptors (Lipinski definition) is 7. The number of amides is 2. The molecule has 0 spiro atoms. The lowest BCUT2D eigenvalue weighted by molar-refractivity contribution is -0.143. The summed E-state index contributed by atoms with van der Waals surface area (Å²) in [6.07, 6.45) is -0.763. The Kier molecular flexibility index (Phi) is 8.57. The lowest BCUT2D eigenvalue weighted by atomic mass is 9.95. The molecule has 1 saturated heterocycles. The number of rotatable bonds is 6. The average molecular weight is 622 g/mol. The van der Waals surface area contributed by atoms with Crippen molar-refractivity contribution in [3.05, 3.63) is 53.6 Å². The van der Waals surface area contributed by atoms with E-state index in [2.05, 4.69) is 0 Å². The first kappa shape index (κ1) is 31.6. The van der Waals surface area contributed by atoms with Crippen LogP contribution in [0.25, 0.3) is 21.9 Å². The number of ether oxygens (including phenoxy) is 3. The molecule has 0 saturated carbocycles. The van der Waals surface area contributed by atoms with E-state index in [4.69, 9.17) is 31.5 Å². The first-order valence-corrected chi connectivity index (χ1v) is 15.3. The summed E-state index contributed by atoms with van der Waals surface area (Å²) in [5.41, 5.74) is 6.60. The van der Waals surface area contributed by atoms with Crippen molar-refractivity contribution in [1.82, 2.24) is 4.90 Å². The Morgan fingerprint density at radius 2 is 1.73 bits per heavy atom. The van der Waals surface area contributed by atoms with Crippen LogP contribution in [-0.4, -0.2) is 60.8 Å². The predicted molar refractivity (Wildman–Crippen MR) is 171 cm³/mol. The molecule has 1 fully saturated rings. The van der Waals surface area contributed by atoms with E-state index >= 15 is 0 Å². The summed E-state index contributed by atoms with van der Waals surface area (Å²) in [4.78, 5) is 42.1. The van der Waals surface area contributed by atoms with Crippen molar-refractivity contribution in [1.29, 1.82) is 0 Å². The summed E-state index contributed by atoms with van der Waals surface area (Å²) in [5, 5.41) is 2.22. The van der Waals surface area contributed by atoms with E-state index < -0.39 is 17.1 Å². The van der Waals surface area contributed by atoms with E-state index in [1.54, 1.807) is 36.6 Å². The first-order valence-electron chi connectivity index (χ1n) is 14.9. The van der Waals surface area contributed by atoms with Gasteiger partial charge in [-0.2, -0.15) is 0 Å². The number of likely N-dealkylation sites (tertiary alicyclic amines) is 1. The fourth-order valence-electron chi connectivity index (χ4n) is 5.32. The number of nitrogens with two attached hydrogens (primary N) is 1. The average Bonchev–Trinajstić information content (AvgIpc) is 2.90. The minimum absolute atomic E-state index is 0.0625. The lowest BCUT2D eigenvalue weighted by Gasteiger charge is -2.43. The van der Waals surface area contributed by atoms with Crippen LogP contribution in [0.3, 0.4) is 0 Å². The molecule has 0 radical (unpaired) electrons. The maximum Gasteiger partial charge on any atom is 0.410 e. The van der Waals surface area contributed by atoms with Crippen molar-refractivity contribution in [2.24, 2.45) is 17.1 Å². The molecule has 2 aliphatic rings. The highest BCUT2D eigenvalue weighted by atomic mass is 35.5. The van der Waals surface area contributed by atoms with Crippen molar-refractivity contribution in [3.63, 3.8) is 0 Å². The predicted octanol–water partition coefficient (Wildman–Crippen LogP) is 6.42. The second kappa shape index (κ2) is 11.9. The van der Waals surface area contributed by atoms with E-state index in [1.165, 1.54) is 0 Å². The maximum atomic E-state index is 13.6. The molecule has 2 N–H and O–H groups in total. The van der Waals surface area contributed by atoms with Crippen molar-refractivity contribution in [2.45, 2.75) is 59.7 Å². The number of benzene rings is 3. The van der Waals surface area contributed by atoms with Crippen LogP contribution in [0.2, 0.25) is 5.02 Å². The largest absolute Gasteiger partial charge is 0.478 e. The van der Waals surface area contributed by atoms with Crippen LogP contribution in [0.5, 0.6) is 11.5 Å². The van der Waals surface area contributed by atoms with E-state index in [1.807, 2.05) is 63.2 Å². The normalized spacial score (nSPS) is 17.2. The molecule has 2 amide bonds. The van der Waals surface area contributed by atoms with Crippen molar-refractivity contribution in [2.75, 3.05) is 31.1 Å². The molecule has 1 atom stereocenters. The van der Waals surface area contributed by atoms with Gasteiger partial charge in [0.05, 0.1) is 16.1 Å².